The summed E-state index contributed by atoms with van der Waals surface area (Å²) in [6, 6.07) is 24.4. The van der Waals surface area contributed by atoms with Crippen molar-refractivity contribution in [1.29, 1.82) is 0 Å². The van der Waals surface area contributed by atoms with E-state index in [9.17, 15) is 4.79 Å². The molecule has 166 valence electrons. The Morgan fingerprint density at radius 2 is 1.68 bits per heavy atom. The number of para-hydroxylation sites is 1. The Bertz CT molecular complexity index is 1450. The van der Waals surface area contributed by atoms with Crippen LogP contribution >= 0.6 is 0 Å². The monoisotopic (exact) mass is 447 g/mol. The van der Waals surface area contributed by atoms with E-state index in [1.54, 1.807) is 24.5 Å². The Labute approximate surface area is 195 Å². The standard InChI is InChI=1S/C26H21N7O/c34-26(33-32-25-10-4-6-16-28-25)21-8-1-2-9-22(21)29-19-11-13-20-23(30-31-24(20)17-19)14-12-18-7-3-5-15-27-18/h1-17,29H,(H,28,32)(H,30,31)(H,33,34)/b14-12+. The van der Waals surface area contributed by atoms with E-state index in [0.717, 1.165) is 28.0 Å². The quantitative estimate of drug-likeness (QED) is 0.261. The van der Waals surface area contributed by atoms with Gasteiger partial charge in [-0.2, -0.15) is 5.10 Å². The molecule has 0 radical (unpaired) electrons. The Kier molecular flexibility index (Phi) is 5.94. The fraction of sp³-hybridized carbons (Fsp3) is 0. The van der Waals surface area contributed by atoms with Crippen molar-refractivity contribution in [2.45, 2.75) is 0 Å². The highest BCUT2D eigenvalue weighted by molar-refractivity contribution is 6.01. The van der Waals surface area contributed by atoms with Crippen LogP contribution in [0.15, 0.2) is 91.3 Å². The van der Waals surface area contributed by atoms with Crippen molar-refractivity contribution < 1.29 is 4.79 Å². The van der Waals surface area contributed by atoms with Crippen LogP contribution in [0.1, 0.15) is 21.7 Å². The number of aromatic amines is 1. The molecule has 0 saturated heterocycles. The summed E-state index contributed by atoms with van der Waals surface area (Å²) in [4.78, 5) is 21.2. The van der Waals surface area contributed by atoms with Crippen LogP contribution in [0, 0.1) is 0 Å². The van der Waals surface area contributed by atoms with Gasteiger partial charge in [0.1, 0.15) is 5.82 Å². The smallest absolute Gasteiger partial charge is 0.271 e. The molecule has 5 rings (SSSR count). The molecule has 34 heavy (non-hydrogen) atoms. The van der Waals surface area contributed by atoms with Crippen molar-refractivity contribution in [1.82, 2.24) is 25.6 Å². The van der Waals surface area contributed by atoms with Crippen molar-refractivity contribution >= 4 is 46.2 Å². The van der Waals surface area contributed by atoms with E-state index in [2.05, 4.69) is 36.3 Å². The Balaban J connectivity index is 1.32. The highest BCUT2D eigenvalue weighted by Gasteiger charge is 2.12. The van der Waals surface area contributed by atoms with Gasteiger partial charge in [-0.05, 0) is 66.7 Å². The van der Waals surface area contributed by atoms with Crippen molar-refractivity contribution in [2.24, 2.45) is 0 Å². The molecule has 8 heteroatoms. The SMILES string of the molecule is O=C(NNc1ccccn1)c1ccccc1Nc1ccc2c(/C=C/c3ccccn3)n[nH]c2c1. The van der Waals surface area contributed by atoms with Gasteiger partial charge in [0.15, 0.2) is 0 Å². The molecule has 5 aromatic rings. The maximum absolute atomic E-state index is 12.8. The van der Waals surface area contributed by atoms with E-state index in [1.807, 2.05) is 78.9 Å². The summed E-state index contributed by atoms with van der Waals surface area (Å²) in [6.45, 7) is 0. The summed E-state index contributed by atoms with van der Waals surface area (Å²) in [5, 5.41) is 11.8. The van der Waals surface area contributed by atoms with Gasteiger partial charge in [0.05, 0.1) is 28.2 Å². The summed E-state index contributed by atoms with van der Waals surface area (Å²) < 4.78 is 0. The Morgan fingerprint density at radius 1 is 0.853 bits per heavy atom. The van der Waals surface area contributed by atoms with E-state index in [0.29, 0.717) is 17.1 Å². The average molecular weight is 448 g/mol. The van der Waals surface area contributed by atoms with E-state index in [1.165, 1.54) is 0 Å². The minimum absolute atomic E-state index is 0.279. The predicted molar refractivity (Wildman–Crippen MR) is 134 cm³/mol. The molecule has 0 aliphatic heterocycles. The van der Waals surface area contributed by atoms with Gasteiger partial charge in [0.2, 0.25) is 0 Å². The average Bonchev–Trinajstić information content (AvgIpc) is 3.30. The Hall–Kier alpha value is -4.98. The number of nitrogens with zero attached hydrogens (tertiary/aromatic N) is 3. The number of carbonyl (C=O) groups is 1. The Morgan fingerprint density at radius 3 is 2.50 bits per heavy atom. The molecular formula is C26H21N7O. The van der Waals surface area contributed by atoms with Crippen LogP contribution in [-0.4, -0.2) is 26.1 Å². The van der Waals surface area contributed by atoms with Gasteiger partial charge in [0, 0.05) is 23.5 Å². The van der Waals surface area contributed by atoms with E-state index >= 15 is 0 Å². The zero-order chi connectivity index (χ0) is 23.2. The highest BCUT2D eigenvalue weighted by Crippen LogP contribution is 2.26. The van der Waals surface area contributed by atoms with Crippen molar-refractivity contribution in [2.75, 3.05) is 10.7 Å². The number of hydrogen-bond acceptors (Lipinski definition) is 6. The number of benzene rings is 2. The number of aromatic nitrogens is 4. The second kappa shape index (κ2) is 9.66. The second-order valence-corrected chi connectivity index (χ2v) is 7.42. The lowest BCUT2D eigenvalue weighted by Gasteiger charge is -2.13. The number of hydrogen-bond donors (Lipinski definition) is 4. The van der Waals surface area contributed by atoms with Crippen LogP contribution in [0.4, 0.5) is 17.2 Å². The number of amides is 1. The molecule has 2 aromatic carbocycles. The lowest BCUT2D eigenvalue weighted by Crippen LogP contribution is -2.30. The maximum atomic E-state index is 12.8. The molecule has 4 N–H and O–H groups in total. The first-order valence-electron chi connectivity index (χ1n) is 10.7. The van der Waals surface area contributed by atoms with E-state index < -0.39 is 0 Å². The van der Waals surface area contributed by atoms with Crippen LogP contribution in [0.3, 0.4) is 0 Å². The molecule has 0 unspecified atom stereocenters. The minimum atomic E-state index is -0.279. The van der Waals surface area contributed by atoms with Gasteiger partial charge in [0.25, 0.3) is 5.91 Å². The van der Waals surface area contributed by atoms with Gasteiger partial charge in [-0.3, -0.25) is 25.7 Å². The summed E-state index contributed by atoms with van der Waals surface area (Å²) in [7, 11) is 0. The number of hydrazine groups is 1. The van der Waals surface area contributed by atoms with Gasteiger partial charge >= 0.3 is 0 Å². The zero-order valence-electron chi connectivity index (χ0n) is 18.1. The topological polar surface area (TPSA) is 108 Å². The normalized spacial score (nSPS) is 10.9. The lowest BCUT2D eigenvalue weighted by molar-refractivity contribution is 0.0963. The number of carbonyl (C=O) groups excluding carboxylic acids is 1. The molecule has 0 bridgehead atoms. The lowest BCUT2D eigenvalue weighted by atomic mass is 10.1. The van der Waals surface area contributed by atoms with Gasteiger partial charge < -0.3 is 5.32 Å². The number of anilines is 3. The molecular weight excluding hydrogens is 426 g/mol. The number of fused-ring (bicyclic) bond motifs is 1. The number of rotatable bonds is 7. The molecule has 0 saturated carbocycles. The molecule has 0 fully saturated rings. The zero-order valence-corrected chi connectivity index (χ0v) is 18.1. The number of H-pyrrole nitrogens is 1. The number of nitrogens with one attached hydrogen (secondary N) is 4. The van der Waals surface area contributed by atoms with Crippen LogP contribution in [0.2, 0.25) is 0 Å². The summed E-state index contributed by atoms with van der Waals surface area (Å²) in [6.07, 6.45) is 7.26. The summed E-state index contributed by atoms with van der Waals surface area (Å²) in [5.74, 6) is 0.275. The van der Waals surface area contributed by atoms with Crippen LogP contribution < -0.4 is 16.2 Å². The predicted octanol–water partition coefficient (Wildman–Crippen LogP) is 5.02. The largest absolute Gasteiger partial charge is 0.355 e. The van der Waals surface area contributed by atoms with Crippen LogP contribution in [0.5, 0.6) is 0 Å². The summed E-state index contributed by atoms with van der Waals surface area (Å²) >= 11 is 0. The molecule has 0 aliphatic rings. The van der Waals surface area contributed by atoms with Gasteiger partial charge in [-0.25, -0.2) is 4.98 Å². The van der Waals surface area contributed by atoms with Gasteiger partial charge in [-0.1, -0.05) is 24.3 Å². The molecule has 0 atom stereocenters. The molecule has 3 aromatic heterocycles. The van der Waals surface area contributed by atoms with Crippen LogP contribution in [0.25, 0.3) is 23.1 Å². The maximum Gasteiger partial charge on any atom is 0.271 e. The molecule has 0 spiro atoms. The molecule has 1 amide bonds. The van der Waals surface area contributed by atoms with E-state index in [-0.39, 0.29) is 5.91 Å². The fourth-order valence-electron chi connectivity index (χ4n) is 3.45. The third kappa shape index (κ3) is 4.76. The third-order valence-corrected chi connectivity index (χ3v) is 5.11. The minimum Gasteiger partial charge on any atom is -0.355 e. The van der Waals surface area contributed by atoms with Crippen molar-refractivity contribution in [3.05, 3.63) is 108 Å². The molecule has 0 aliphatic carbocycles. The first-order valence-corrected chi connectivity index (χ1v) is 10.7. The van der Waals surface area contributed by atoms with E-state index in [4.69, 9.17) is 0 Å². The number of pyridine rings is 2. The second-order valence-electron chi connectivity index (χ2n) is 7.42. The van der Waals surface area contributed by atoms with Crippen LogP contribution in [-0.2, 0) is 0 Å². The van der Waals surface area contributed by atoms with Gasteiger partial charge in [-0.15, -0.1) is 0 Å². The van der Waals surface area contributed by atoms with Crippen molar-refractivity contribution in [3.63, 3.8) is 0 Å². The fourth-order valence-corrected chi connectivity index (χ4v) is 3.45. The first-order chi connectivity index (χ1) is 16.8. The molecule has 8 nitrogen and oxygen atoms in total. The first kappa shape index (κ1) is 20.9. The van der Waals surface area contributed by atoms with Crippen molar-refractivity contribution in [3.8, 4) is 0 Å². The molecule has 3 heterocycles. The summed E-state index contributed by atoms with van der Waals surface area (Å²) in [5.41, 5.74) is 10.1. The highest BCUT2D eigenvalue weighted by atomic mass is 16.2. The third-order valence-electron chi connectivity index (χ3n) is 5.11.